The molecular formula is C7H9NO2S3. The van der Waals surface area contributed by atoms with Gasteiger partial charge in [-0.2, -0.15) is 3.63 Å². The summed E-state index contributed by atoms with van der Waals surface area (Å²) in [5.41, 5.74) is 1.06. The van der Waals surface area contributed by atoms with Gasteiger partial charge in [-0.3, -0.25) is 4.31 Å². The molecule has 0 fully saturated rings. The Morgan fingerprint density at radius 3 is 2.62 bits per heavy atom. The Labute approximate surface area is 92.2 Å². The van der Waals surface area contributed by atoms with Crippen LogP contribution in [-0.2, 0) is 7.26 Å². The average Bonchev–Trinajstić information content (AvgIpc) is 2.19. The van der Waals surface area contributed by atoms with E-state index >= 15 is 0 Å². The highest BCUT2D eigenvalue weighted by atomic mass is 32.3. The zero-order valence-corrected chi connectivity index (χ0v) is 9.44. The van der Waals surface area contributed by atoms with E-state index in [0.717, 1.165) is 18.0 Å². The van der Waals surface area contributed by atoms with Gasteiger partial charge in [-0.1, -0.05) is 18.2 Å². The summed E-state index contributed by atoms with van der Waals surface area (Å²) >= 11 is 5.51. The number of anilines is 1. The van der Waals surface area contributed by atoms with Crippen molar-refractivity contribution in [1.29, 1.82) is 0 Å². The Kier molecular flexibility index (Phi) is 5.49. The quantitative estimate of drug-likeness (QED) is 0.365. The van der Waals surface area contributed by atoms with Gasteiger partial charge in [-0.25, -0.2) is 3.63 Å². The van der Waals surface area contributed by atoms with Crippen LogP contribution in [-0.4, -0.2) is 7.05 Å². The van der Waals surface area contributed by atoms with Crippen molar-refractivity contribution in [3.63, 3.8) is 0 Å². The van der Waals surface area contributed by atoms with E-state index in [1.807, 2.05) is 41.7 Å². The molecule has 0 bridgehead atoms. The van der Waals surface area contributed by atoms with Gasteiger partial charge in [-0.15, -0.1) is 0 Å². The molecule has 0 amide bonds. The highest BCUT2D eigenvalue weighted by Gasteiger charge is 2.00. The van der Waals surface area contributed by atoms with Crippen molar-refractivity contribution in [2.45, 2.75) is 0 Å². The molecule has 0 saturated heterocycles. The van der Waals surface area contributed by atoms with Gasteiger partial charge in [0.25, 0.3) is 0 Å². The minimum Gasteiger partial charge on any atom is -0.295 e. The second-order valence-corrected chi connectivity index (χ2v) is 4.09. The van der Waals surface area contributed by atoms with Gasteiger partial charge in [-0.05, 0) is 25.0 Å². The number of hydrogen-bond donors (Lipinski definition) is 1. The van der Waals surface area contributed by atoms with Crippen LogP contribution in [0, 0.1) is 0 Å². The van der Waals surface area contributed by atoms with Crippen LogP contribution >= 0.6 is 37.5 Å². The molecule has 0 aliphatic heterocycles. The molecule has 0 N–H and O–H groups in total. The Morgan fingerprint density at radius 1 is 1.31 bits per heavy atom. The fourth-order valence-electron chi connectivity index (χ4n) is 0.751. The third-order valence-electron chi connectivity index (χ3n) is 1.32. The fourth-order valence-corrected chi connectivity index (χ4v) is 1.75. The van der Waals surface area contributed by atoms with Crippen LogP contribution in [0.5, 0.6) is 0 Å². The highest BCUT2D eigenvalue weighted by Crippen LogP contribution is 2.24. The first-order chi connectivity index (χ1) is 6.34. The van der Waals surface area contributed by atoms with E-state index < -0.39 is 0 Å². The molecule has 0 atom stereocenters. The molecule has 72 valence electrons. The molecule has 0 unspecified atom stereocenters. The maximum atomic E-state index is 4.96. The normalized spacial score (nSPS) is 10.0. The largest absolute Gasteiger partial charge is 0.295 e. The second kappa shape index (κ2) is 6.44. The maximum Gasteiger partial charge on any atom is 0.185 e. The third-order valence-corrected chi connectivity index (χ3v) is 2.46. The van der Waals surface area contributed by atoms with Gasteiger partial charge in [0, 0.05) is 12.7 Å². The van der Waals surface area contributed by atoms with E-state index in [4.69, 9.17) is 3.63 Å². The van der Waals surface area contributed by atoms with Gasteiger partial charge >= 0.3 is 0 Å². The summed E-state index contributed by atoms with van der Waals surface area (Å²) in [5, 5.41) is 0. The molecule has 0 saturated carbocycles. The molecule has 1 aromatic rings. The summed E-state index contributed by atoms with van der Waals surface area (Å²) in [4.78, 5) is 0. The van der Waals surface area contributed by atoms with E-state index in [1.54, 1.807) is 0 Å². The number of benzene rings is 1. The Bertz CT molecular complexity index is 234. The van der Waals surface area contributed by atoms with Crippen LogP contribution in [0.2, 0.25) is 0 Å². The topological polar surface area (TPSA) is 21.7 Å². The van der Waals surface area contributed by atoms with Crippen molar-refractivity contribution in [2.75, 3.05) is 11.4 Å². The first-order valence-electron chi connectivity index (χ1n) is 3.45. The number of thiol groups is 1. The molecular weight excluding hydrogens is 226 g/mol. The minimum atomic E-state index is 0.817. The van der Waals surface area contributed by atoms with E-state index in [2.05, 4.69) is 16.5 Å². The lowest BCUT2D eigenvalue weighted by molar-refractivity contribution is 0.645. The summed E-state index contributed by atoms with van der Waals surface area (Å²) in [6.07, 6.45) is 0. The lowest BCUT2D eigenvalue weighted by atomic mass is 10.3. The van der Waals surface area contributed by atoms with Gasteiger partial charge < -0.3 is 0 Å². The zero-order chi connectivity index (χ0) is 9.52. The summed E-state index contributed by atoms with van der Waals surface area (Å²) in [7, 11) is 1.90. The Hall–Kier alpha value is -0.0100. The monoisotopic (exact) mass is 235 g/mol. The summed E-state index contributed by atoms with van der Waals surface area (Å²) in [5.74, 6) is 0. The van der Waals surface area contributed by atoms with Crippen LogP contribution in [0.25, 0.3) is 0 Å². The maximum absolute atomic E-state index is 4.96. The summed E-state index contributed by atoms with van der Waals surface area (Å²) in [6.45, 7) is 0. The lowest BCUT2D eigenvalue weighted by Crippen LogP contribution is -2.05. The molecule has 1 aromatic carbocycles. The van der Waals surface area contributed by atoms with Gasteiger partial charge in [0.05, 0.1) is 0 Å². The van der Waals surface area contributed by atoms with Gasteiger partial charge in [0.15, 0.2) is 12.3 Å². The molecule has 1 rings (SSSR count). The molecule has 0 aliphatic rings. The molecule has 0 aliphatic carbocycles. The van der Waals surface area contributed by atoms with Crippen LogP contribution in [0.1, 0.15) is 0 Å². The van der Waals surface area contributed by atoms with E-state index in [-0.39, 0.29) is 0 Å². The molecule has 0 spiro atoms. The van der Waals surface area contributed by atoms with Crippen LogP contribution in [0.3, 0.4) is 0 Å². The second-order valence-electron chi connectivity index (χ2n) is 2.12. The number of nitrogens with zero attached hydrogens (tertiary/aromatic N) is 1. The first kappa shape index (κ1) is 11.1. The number of rotatable bonds is 5. The van der Waals surface area contributed by atoms with Crippen molar-refractivity contribution in [3.8, 4) is 0 Å². The van der Waals surface area contributed by atoms with Gasteiger partial charge in [0.1, 0.15) is 12.2 Å². The van der Waals surface area contributed by atoms with E-state index in [0.29, 0.717) is 0 Å². The van der Waals surface area contributed by atoms with Crippen LogP contribution in [0.15, 0.2) is 30.3 Å². The SMILES string of the molecule is CN(SOSOS)c1ccccc1. The average molecular weight is 235 g/mol. The Balaban J connectivity index is 2.35. The molecule has 6 heteroatoms. The number of para-hydroxylation sites is 1. The van der Waals surface area contributed by atoms with Crippen LogP contribution in [0.4, 0.5) is 5.69 Å². The molecule has 13 heavy (non-hydrogen) atoms. The smallest absolute Gasteiger partial charge is 0.185 e. The highest BCUT2D eigenvalue weighted by molar-refractivity contribution is 8.08. The Morgan fingerprint density at radius 2 is 2.00 bits per heavy atom. The lowest BCUT2D eigenvalue weighted by Gasteiger charge is -2.14. The van der Waals surface area contributed by atoms with E-state index in [1.165, 1.54) is 12.2 Å². The predicted molar refractivity (Wildman–Crippen MR) is 61.2 cm³/mol. The van der Waals surface area contributed by atoms with Gasteiger partial charge in [0.2, 0.25) is 0 Å². The molecule has 0 radical (unpaired) electrons. The third kappa shape index (κ3) is 4.15. The first-order valence-corrected chi connectivity index (χ1v) is 5.18. The predicted octanol–water partition coefficient (Wildman–Crippen LogP) is 3.13. The summed E-state index contributed by atoms with van der Waals surface area (Å²) < 4.78 is 11.2. The van der Waals surface area contributed by atoms with Crippen molar-refractivity contribution in [1.82, 2.24) is 0 Å². The standard InChI is InChI=1S/C7H9NO2S3/c1-8(12-10-13-9-11)7-5-3-2-4-6-7/h2-6,11H,1H3. The van der Waals surface area contributed by atoms with Crippen molar-refractivity contribution < 1.29 is 7.26 Å². The summed E-state index contributed by atoms with van der Waals surface area (Å²) in [6, 6.07) is 9.88. The number of hydrogen-bond acceptors (Lipinski definition) is 6. The fraction of sp³-hybridized carbons (Fsp3) is 0.143. The zero-order valence-electron chi connectivity index (χ0n) is 6.91. The van der Waals surface area contributed by atoms with Crippen molar-refractivity contribution in [2.24, 2.45) is 0 Å². The van der Waals surface area contributed by atoms with Crippen molar-refractivity contribution in [3.05, 3.63) is 30.3 Å². The van der Waals surface area contributed by atoms with Crippen LogP contribution < -0.4 is 4.31 Å². The molecule has 0 heterocycles. The minimum absolute atomic E-state index is 0.817. The molecule has 3 nitrogen and oxygen atoms in total. The molecule has 0 aromatic heterocycles. The van der Waals surface area contributed by atoms with E-state index in [9.17, 15) is 0 Å². The van der Waals surface area contributed by atoms with Crippen molar-refractivity contribution >= 4 is 43.1 Å².